The Morgan fingerprint density at radius 2 is 1.83 bits per heavy atom. The molecule has 29 heavy (non-hydrogen) atoms. The van der Waals surface area contributed by atoms with Crippen molar-refractivity contribution in [2.24, 2.45) is 0 Å². The van der Waals surface area contributed by atoms with Crippen LogP contribution in [0.5, 0.6) is 11.5 Å². The third kappa shape index (κ3) is 5.57. The molecule has 152 valence electrons. The van der Waals surface area contributed by atoms with Gasteiger partial charge in [0.1, 0.15) is 12.7 Å². The Balaban J connectivity index is 1.75. The minimum atomic E-state index is -0.122. The Morgan fingerprint density at radius 3 is 2.52 bits per heavy atom. The first-order valence-electron chi connectivity index (χ1n) is 9.38. The van der Waals surface area contributed by atoms with Gasteiger partial charge in [-0.25, -0.2) is 9.67 Å². The number of para-hydroxylation sites is 1. The van der Waals surface area contributed by atoms with Crippen LogP contribution in [0.1, 0.15) is 25.0 Å². The smallest absolute Gasteiger partial charge is 0.228 e. The zero-order chi connectivity index (χ0) is 20.6. The molecule has 0 radical (unpaired) electrons. The largest absolute Gasteiger partial charge is 0.490 e. The highest BCUT2D eigenvalue weighted by molar-refractivity contribution is 9.10. The Kier molecular flexibility index (Phi) is 7.24. The fraction of sp³-hybridized carbons (Fsp3) is 0.286. The molecule has 1 N–H and O–H groups in total. The van der Waals surface area contributed by atoms with Crippen LogP contribution in [-0.4, -0.2) is 33.9 Å². The zero-order valence-electron chi connectivity index (χ0n) is 16.4. The van der Waals surface area contributed by atoms with E-state index in [0.29, 0.717) is 31.3 Å². The number of amides is 1. The average molecular weight is 459 g/mol. The van der Waals surface area contributed by atoms with Crippen molar-refractivity contribution >= 4 is 27.5 Å². The van der Waals surface area contributed by atoms with E-state index >= 15 is 0 Å². The highest BCUT2D eigenvalue weighted by Gasteiger charge is 2.15. The lowest BCUT2D eigenvalue weighted by atomic mass is 10.1. The number of nitrogens with zero attached hydrogens (tertiary/aromatic N) is 3. The van der Waals surface area contributed by atoms with Gasteiger partial charge in [0, 0.05) is 10.2 Å². The lowest BCUT2D eigenvalue weighted by Gasteiger charge is -2.15. The van der Waals surface area contributed by atoms with Crippen molar-refractivity contribution in [3.8, 4) is 11.5 Å². The Morgan fingerprint density at radius 1 is 1.10 bits per heavy atom. The van der Waals surface area contributed by atoms with E-state index < -0.39 is 0 Å². The van der Waals surface area contributed by atoms with E-state index in [9.17, 15) is 4.79 Å². The fourth-order valence-electron chi connectivity index (χ4n) is 2.89. The van der Waals surface area contributed by atoms with E-state index in [1.165, 1.54) is 6.33 Å². The molecule has 1 amide bonds. The van der Waals surface area contributed by atoms with Gasteiger partial charge in [-0.1, -0.05) is 34.1 Å². The Labute approximate surface area is 178 Å². The lowest BCUT2D eigenvalue weighted by molar-refractivity contribution is -0.115. The highest BCUT2D eigenvalue weighted by Crippen LogP contribution is 2.34. The van der Waals surface area contributed by atoms with Crippen molar-refractivity contribution in [1.82, 2.24) is 14.8 Å². The summed E-state index contributed by atoms with van der Waals surface area (Å²) in [6, 6.07) is 11.3. The van der Waals surface area contributed by atoms with Crippen molar-refractivity contribution < 1.29 is 14.3 Å². The second-order valence-corrected chi connectivity index (χ2v) is 7.09. The fourth-order valence-corrected chi connectivity index (χ4v) is 3.35. The summed E-state index contributed by atoms with van der Waals surface area (Å²) in [5.74, 6) is 1.17. The van der Waals surface area contributed by atoms with Gasteiger partial charge >= 0.3 is 0 Å². The molecule has 3 rings (SSSR count). The predicted octanol–water partition coefficient (Wildman–Crippen LogP) is 4.07. The van der Waals surface area contributed by atoms with Gasteiger partial charge in [-0.2, -0.15) is 5.10 Å². The predicted molar refractivity (Wildman–Crippen MR) is 114 cm³/mol. The number of hydrogen-bond acceptors (Lipinski definition) is 5. The first-order valence-corrected chi connectivity index (χ1v) is 10.2. The highest BCUT2D eigenvalue weighted by atomic mass is 79.9. The molecule has 0 bridgehead atoms. The van der Waals surface area contributed by atoms with Crippen molar-refractivity contribution in [3.63, 3.8) is 0 Å². The van der Waals surface area contributed by atoms with Crippen molar-refractivity contribution in [3.05, 3.63) is 64.7 Å². The average Bonchev–Trinajstić information content (AvgIpc) is 3.20. The van der Waals surface area contributed by atoms with Gasteiger partial charge in [0.15, 0.2) is 11.5 Å². The van der Waals surface area contributed by atoms with Crippen LogP contribution in [0.3, 0.4) is 0 Å². The monoisotopic (exact) mass is 458 g/mol. The summed E-state index contributed by atoms with van der Waals surface area (Å²) in [4.78, 5) is 16.7. The molecule has 0 aliphatic carbocycles. The van der Waals surface area contributed by atoms with Crippen molar-refractivity contribution in [2.75, 3.05) is 18.5 Å². The summed E-state index contributed by atoms with van der Waals surface area (Å²) in [5, 5.41) is 7.12. The second-order valence-electron chi connectivity index (χ2n) is 6.23. The number of anilines is 1. The molecule has 1 heterocycles. The van der Waals surface area contributed by atoms with E-state index in [1.54, 1.807) is 11.0 Å². The lowest BCUT2D eigenvalue weighted by Crippen LogP contribution is -2.17. The van der Waals surface area contributed by atoms with Crippen LogP contribution < -0.4 is 14.8 Å². The molecule has 0 atom stereocenters. The van der Waals surface area contributed by atoms with Crippen LogP contribution in [0, 0.1) is 0 Å². The van der Waals surface area contributed by atoms with Crippen LogP contribution in [0.25, 0.3) is 0 Å². The number of nitrogens with one attached hydrogen (secondary N) is 1. The number of ether oxygens (including phenoxy) is 2. The summed E-state index contributed by atoms with van der Waals surface area (Å²) in [6.07, 6.45) is 3.33. The van der Waals surface area contributed by atoms with Gasteiger partial charge in [0.2, 0.25) is 5.91 Å². The second kappa shape index (κ2) is 10.1. The summed E-state index contributed by atoms with van der Waals surface area (Å²) in [6.45, 7) is 5.41. The molecule has 8 heteroatoms. The third-order valence-corrected chi connectivity index (χ3v) is 4.89. The van der Waals surface area contributed by atoms with E-state index in [4.69, 9.17) is 9.47 Å². The van der Waals surface area contributed by atoms with Crippen LogP contribution in [0.2, 0.25) is 0 Å². The molecule has 0 aliphatic rings. The van der Waals surface area contributed by atoms with Gasteiger partial charge in [-0.15, -0.1) is 0 Å². The number of carbonyl (C=O) groups is 1. The molecule has 2 aromatic carbocycles. The van der Waals surface area contributed by atoms with Gasteiger partial charge in [0.05, 0.1) is 26.2 Å². The topological polar surface area (TPSA) is 78.3 Å². The number of aromatic nitrogens is 3. The van der Waals surface area contributed by atoms with E-state index in [2.05, 4.69) is 31.3 Å². The van der Waals surface area contributed by atoms with E-state index in [-0.39, 0.29) is 12.3 Å². The van der Waals surface area contributed by atoms with Gasteiger partial charge in [-0.05, 0) is 43.2 Å². The molecule has 0 aliphatic heterocycles. The minimum absolute atomic E-state index is 0.122. The molecule has 0 spiro atoms. The summed E-state index contributed by atoms with van der Waals surface area (Å²) >= 11 is 3.54. The number of rotatable bonds is 9. The summed E-state index contributed by atoms with van der Waals surface area (Å²) in [7, 11) is 0. The molecule has 3 aromatic rings. The maximum Gasteiger partial charge on any atom is 0.228 e. The van der Waals surface area contributed by atoms with Crippen LogP contribution in [0.15, 0.2) is 53.5 Å². The first-order chi connectivity index (χ1) is 14.1. The molecule has 0 saturated heterocycles. The van der Waals surface area contributed by atoms with Crippen molar-refractivity contribution in [1.29, 1.82) is 0 Å². The zero-order valence-corrected chi connectivity index (χ0v) is 18.0. The number of benzene rings is 2. The van der Waals surface area contributed by atoms with Crippen LogP contribution in [-0.2, 0) is 17.8 Å². The SMILES string of the molecule is CCOc1cc(Br)c(CC(=O)Nc2ccccc2Cn2cncn2)cc1OCC. The molecular formula is C21H23BrN4O3. The molecule has 1 aromatic heterocycles. The maximum absolute atomic E-state index is 12.7. The number of halogens is 1. The number of carbonyl (C=O) groups excluding carboxylic acids is 1. The van der Waals surface area contributed by atoms with E-state index in [0.717, 1.165) is 21.3 Å². The quantitative estimate of drug-likeness (QED) is 0.522. The van der Waals surface area contributed by atoms with Gasteiger partial charge in [0.25, 0.3) is 0 Å². The summed E-state index contributed by atoms with van der Waals surface area (Å²) in [5.41, 5.74) is 2.52. The molecule has 0 saturated carbocycles. The molecule has 0 fully saturated rings. The standard InChI is InChI=1S/C21H23BrN4O3/c1-3-28-19-9-16(17(22)11-20(19)29-4-2)10-21(27)25-18-8-6-5-7-15(18)12-26-14-23-13-24-26/h5-9,11,13-14H,3-4,10,12H2,1-2H3,(H,25,27). The minimum Gasteiger partial charge on any atom is -0.490 e. The molecular weight excluding hydrogens is 436 g/mol. The molecule has 7 nitrogen and oxygen atoms in total. The van der Waals surface area contributed by atoms with E-state index in [1.807, 2.05) is 50.2 Å². The van der Waals surface area contributed by atoms with Crippen LogP contribution in [0.4, 0.5) is 5.69 Å². The van der Waals surface area contributed by atoms with Gasteiger partial charge < -0.3 is 14.8 Å². The Hall–Kier alpha value is -2.87. The van der Waals surface area contributed by atoms with Crippen molar-refractivity contribution in [2.45, 2.75) is 26.8 Å². The van der Waals surface area contributed by atoms with Crippen LogP contribution >= 0.6 is 15.9 Å². The third-order valence-electron chi connectivity index (χ3n) is 4.15. The summed E-state index contributed by atoms with van der Waals surface area (Å²) < 4.78 is 13.8. The first kappa shape index (κ1) is 20.9. The normalized spacial score (nSPS) is 10.6. The Bertz CT molecular complexity index is 961. The maximum atomic E-state index is 12.7. The number of hydrogen-bond donors (Lipinski definition) is 1. The molecule has 0 unspecified atom stereocenters. The van der Waals surface area contributed by atoms with Gasteiger partial charge in [-0.3, -0.25) is 4.79 Å².